The van der Waals surface area contributed by atoms with Crippen molar-refractivity contribution in [3.63, 3.8) is 0 Å². The molecule has 0 N–H and O–H groups in total. The molecule has 0 aromatic heterocycles. The second-order valence-electron chi connectivity index (χ2n) is 15.3. The predicted molar refractivity (Wildman–Crippen MR) is 162 cm³/mol. The normalized spacial score (nSPS) is 48.8. The van der Waals surface area contributed by atoms with Crippen LogP contribution >= 0.6 is 15.9 Å². The van der Waals surface area contributed by atoms with Gasteiger partial charge in [-0.05, 0) is 84.5 Å². The van der Waals surface area contributed by atoms with Gasteiger partial charge in [0.1, 0.15) is 16.4 Å². The lowest BCUT2D eigenvalue weighted by molar-refractivity contribution is -0.574. The zero-order chi connectivity index (χ0) is 30.3. The number of fused-ring (bicyclic) bond motifs is 2. The highest BCUT2D eigenvalue weighted by atomic mass is 79.9. The fourth-order valence-electron chi connectivity index (χ4n) is 9.74. The summed E-state index contributed by atoms with van der Waals surface area (Å²) in [6.07, 6.45) is 6.46. The molecule has 0 radical (unpaired) electrons. The van der Waals surface area contributed by atoms with E-state index in [0.29, 0.717) is 40.0 Å². The zero-order valence-electron chi connectivity index (χ0n) is 26.8. The number of rotatable bonds is 5. The van der Waals surface area contributed by atoms with Crippen molar-refractivity contribution >= 4 is 21.9 Å². The Morgan fingerprint density at radius 3 is 2.49 bits per heavy atom. The molecule has 3 unspecified atom stereocenters. The van der Waals surface area contributed by atoms with Crippen molar-refractivity contribution in [2.45, 2.75) is 123 Å². The largest absolute Gasteiger partial charge is 0.426 e. The summed E-state index contributed by atoms with van der Waals surface area (Å²) in [4.78, 5) is 29.9. The molecule has 1 spiro atoms. The van der Waals surface area contributed by atoms with Gasteiger partial charge in [-0.3, -0.25) is 4.90 Å². The van der Waals surface area contributed by atoms with Crippen molar-refractivity contribution < 1.29 is 33.5 Å². The maximum absolute atomic E-state index is 12.8. The summed E-state index contributed by atoms with van der Waals surface area (Å²) in [5.41, 5.74) is 0.298. The van der Waals surface area contributed by atoms with Gasteiger partial charge in [0.2, 0.25) is 12.1 Å². The van der Waals surface area contributed by atoms with E-state index in [-0.39, 0.29) is 24.2 Å². The maximum Gasteiger partial charge on any atom is 0.349 e. The van der Waals surface area contributed by atoms with Gasteiger partial charge in [0.25, 0.3) is 0 Å². The van der Waals surface area contributed by atoms with Crippen LogP contribution in [-0.2, 0) is 33.5 Å². The van der Waals surface area contributed by atoms with E-state index in [1.54, 1.807) is 0 Å². The Kier molecular flexibility index (Phi) is 8.25. The first-order valence-electron chi connectivity index (χ1n) is 17.0. The monoisotopic (exact) mass is 666 g/mol. The molecule has 9 nitrogen and oxygen atoms in total. The van der Waals surface area contributed by atoms with Crippen LogP contribution in [0.2, 0.25) is 0 Å². The fraction of sp³-hybridized carbons (Fsp3) is 0.909. The van der Waals surface area contributed by atoms with Gasteiger partial charge in [-0.15, -0.1) is 0 Å². The topological polar surface area (TPSA) is 78.9 Å². The number of halogens is 1. The van der Waals surface area contributed by atoms with E-state index in [1.807, 2.05) is 6.92 Å². The van der Waals surface area contributed by atoms with Crippen molar-refractivity contribution in [1.82, 2.24) is 9.80 Å². The number of hydrogen-bond acceptors (Lipinski definition) is 9. The van der Waals surface area contributed by atoms with Crippen molar-refractivity contribution in [2.75, 3.05) is 26.2 Å². The van der Waals surface area contributed by atoms with Gasteiger partial charge in [0.05, 0.1) is 6.10 Å². The molecule has 12 atom stereocenters. The lowest BCUT2D eigenvalue weighted by Crippen LogP contribution is -2.72. The number of hydrogen-bond donors (Lipinski definition) is 0. The van der Waals surface area contributed by atoms with E-state index in [4.69, 9.17) is 28.7 Å². The molecule has 2 bridgehead atoms. The second-order valence-corrected chi connectivity index (χ2v) is 16.0. The van der Waals surface area contributed by atoms with Crippen LogP contribution in [0.1, 0.15) is 86.5 Å². The third-order valence-corrected chi connectivity index (χ3v) is 13.0. The summed E-state index contributed by atoms with van der Waals surface area (Å²) in [5.74, 6) is 2.00. The highest BCUT2D eigenvalue weighted by Crippen LogP contribution is 2.60. The number of piperazine rings is 1. The fourth-order valence-corrected chi connectivity index (χ4v) is 10.3. The van der Waals surface area contributed by atoms with E-state index >= 15 is 0 Å². The van der Waals surface area contributed by atoms with Gasteiger partial charge >= 0.3 is 5.97 Å². The molecular formula is C33H51BrN2O7. The smallest absolute Gasteiger partial charge is 0.349 e. The second kappa shape index (κ2) is 11.5. The quantitative estimate of drug-likeness (QED) is 0.268. The average Bonchev–Trinajstić information content (AvgIpc) is 3.08. The van der Waals surface area contributed by atoms with Gasteiger partial charge in [-0.2, -0.15) is 0 Å². The minimum absolute atomic E-state index is 0.0650. The third-order valence-electron chi connectivity index (χ3n) is 12.2. The van der Waals surface area contributed by atoms with Crippen LogP contribution in [0.3, 0.4) is 0 Å². The molecular weight excluding hydrogens is 616 g/mol. The minimum Gasteiger partial charge on any atom is -0.426 e. The number of cyclic esters (lactones) is 1. The molecule has 43 heavy (non-hydrogen) atoms. The van der Waals surface area contributed by atoms with Crippen molar-refractivity contribution in [2.24, 2.45) is 41.4 Å². The summed E-state index contributed by atoms with van der Waals surface area (Å²) in [6.45, 7) is 16.7. The van der Waals surface area contributed by atoms with Gasteiger partial charge in [0, 0.05) is 44.4 Å². The van der Waals surface area contributed by atoms with Crippen LogP contribution in [0.25, 0.3) is 0 Å². The van der Waals surface area contributed by atoms with E-state index in [9.17, 15) is 4.79 Å². The molecule has 8 rings (SSSR count). The Morgan fingerprint density at radius 1 is 0.977 bits per heavy atom. The molecule has 5 saturated heterocycles. The van der Waals surface area contributed by atoms with E-state index in [2.05, 4.69) is 60.3 Å². The molecule has 0 amide bonds. The van der Waals surface area contributed by atoms with Crippen molar-refractivity contribution in [3.05, 3.63) is 10.2 Å². The lowest BCUT2D eigenvalue weighted by Gasteiger charge is -2.61. The summed E-state index contributed by atoms with van der Waals surface area (Å²) in [5, 5.41) is 0. The van der Waals surface area contributed by atoms with Gasteiger partial charge in [-0.25, -0.2) is 14.6 Å². The van der Waals surface area contributed by atoms with E-state index < -0.39 is 24.0 Å². The van der Waals surface area contributed by atoms with Crippen molar-refractivity contribution in [1.29, 1.82) is 0 Å². The number of carbonyl (C=O) groups excluding carboxylic acids is 1. The molecule has 2 saturated carbocycles. The SMILES string of the molecule is CC1CCC(C(C)C)C(O[C@H]2OC(=O)C(Br)=C2N2CCN([C@@H]3O[C@@H]4O[C@@]5(C)CC[C@H]6[C@H](C)CC[C@@H]([C@H]3C)[C@@]46OO5)CC2)C1. The Labute approximate surface area is 265 Å². The minimum atomic E-state index is -0.769. The maximum atomic E-state index is 12.8. The Morgan fingerprint density at radius 2 is 1.74 bits per heavy atom. The summed E-state index contributed by atoms with van der Waals surface area (Å²) in [7, 11) is 0. The summed E-state index contributed by atoms with van der Waals surface area (Å²) < 4.78 is 26.5. The summed E-state index contributed by atoms with van der Waals surface area (Å²) >= 11 is 3.57. The Hall–Kier alpha value is -0.750. The van der Waals surface area contributed by atoms with Crippen LogP contribution in [0, 0.1) is 41.4 Å². The molecule has 6 aliphatic heterocycles. The molecule has 0 aromatic rings. The van der Waals surface area contributed by atoms with Crippen molar-refractivity contribution in [3.8, 4) is 0 Å². The summed E-state index contributed by atoms with van der Waals surface area (Å²) in [6, 6.07) is 0. The average molecular weight is 668 g/mol. The molecule has 10 heteroatoms. The van der Waals surface area contributed by atoms with E-state index in [0.717, 1.165) is 64.0 Å². The first kappa shape index (κ1) is 30.9. The Bertz CT molecular complexity index is 1110. The molecule has 8 aliphatic rings. The van der Waals surface area contributed by atoms with Gasteiger partial charge in [0.15, 0.2) is 11.9 Å². The van der Waals surface area contributed by atoms with Gasteiger partial charge < -0.3 is 23.8 Å². The van der Waals surface area contributed by atoms with Crippen LogP contribution in [0.15, 0.2) is 10.2 Å². The molecule has 0 aromatic carbocycles. The first-order chi connectivity index (χ1) is 20.5. The Balaban J connectivity index is 1.06. The van der Waals surface area contributed by atoms with Gasteiger partial charge in [-0.1, -0.05) is 41.0 Å². The van der Waals surface area contributed by atoms with Crippen LogP contribution in [-0.4, -0.2) is 78.2 Å². The predicted octanol–water partition coefficient (Wildman–Crippen LogP) is 5.78. The number of ether oxygens (including phenoxy) is 4. The molecule has 6 heterocycles. The highest BCUT2D eigenvalue weighted by molar-refractivity contribution is 9.12. The van der Waals surface area contributed by atoms with Crippen LogP contribution in [0.5, 0.6) is 0 Å². The molecule has 7 fully saturated rings. The molecule has 2 aliphatic carbocycles. The number of carbonyl (C=O) groups is 1. The lowest BCUT2D eigenvalue weighted by atomic mass is 9.58. The first-order valence-corrected chi connectivity index (χ1v) is 17.7. The standard InChI is InChI=1S/C33H51BrN2O7/c1-18(2)22-9-7-19(3)17-25(22)38-30-27(26(34)29(37)40-30)35-13-15-36(16-14-35)28-21(5)24-10-8-20(4)23-11-12-32(6)41-31(39-28)33(23,24)43-42-32/h18-25,28,30-31H,7-17H2,1-6H3/t19?,20-,21-,22?,23+,24+,25?,28-,30+,31-,32-,33-/m1/s1. The van der Waals surface area contributed by atoms with Crippen LogP contribution < -0.4 is 0 Å². The van der Waals surface area contributed by atoms with Crippen LogP contribution in [0.4, 0.5) is 0 Å². The zero-order valence-corrected chi connectivity index (χ0v) is 28.3. The van der Waals surface area contributed by atoms with E-state index in [1.165, 1.54) is 12.8 Å². The number of nitrogens with zero attached hydrogens (tertiary/aromatic N) is 2. The molecule has 242 valence electrons. The highest BCUT2D eigenvalue weighted by Gasteiger charge is 2.69. The third kappa shape index (κ3) is 5.13. The number of esters is 1.